The summed E-state index contributed by atoms with van der Waals surface area (Å²) in [5, 5.41) is 0. The highest BCUT2D eigenvalue weighted by Gasteiger charge is 2.19. The summed E-state index contributed by atoms with van der Waals surface area (Å²) in [5.41, 5.74) is 3.92. The molecule has 2 aromatic rings. The fourth-order valence-corrected chi connectivity index (χ4v) is 3.49. The Kier molecular flexibility index (Phi) is 4.01. The van der Waals surface area contributed by atoms with Crippen molar-refractivity contribution >= 4 is 10.0 Å². The molecule has 2 rings (SSSR count). The number of furan rings is 1. The molecule has 0 radical (unpaired) electrons. The van der Waals surface area contributed by atoms with Gasteiger partial charge in [0.1, 0.15) is 5.76 Å². The van der Waals surface area contributed by atoms with Crippen LogP contribution in [-0.2, 0) is 16.6 Å². The van der Waals surface area contributed by atoms with E-state index in [2.05, 4.69) is 4.72 Å². The molecule has 0 aliphatic carbocycles. The van der Waals surface area contributed by atoms with Crippen LogP contribution in [0.5, 0.6) is 0 Å². The van der Waals surface area contributed by atoms with Crippen LogP contribution in [0.2, 0.25) is 0 Å². The Morgan fingerprint density at radius 2 is 1.80 bits per heavy atom. The van der Waals surface area contributed by atoms with E-state index < -0.39 is 10.0 Å². The molecule has 5 heteroatoms. The van der Waals surface area contributed by atoms with E-state index >= 15 is 0 Å². The van der Waals surface area contributed by atoms with E-state index in [9.17, 15) is 8.42 Å². The lowest BCUT2D eigenvalue weighted by molar-refractivity contribution is 0.498. The molecule has 0 amide bonds. The quantitative estimate of drug-likeness (QED) is 0.942. The first-order valence-corrected chi connectivity index (χ1v) is 7.90. The average molecular weight is 293 g/mol. The first-order valence-electron chi connectivity index (χ1n) is 6.42. The minimum Gasteiger partial charge on any atom is -0.468 e. The van der Waals surface area contributed by atoms with Crippen molar-refractivity contribution in [1.82, 2.24) is 4.72 Å². The summed E-state index contributed by atoms with van der Waals surface area (Å²) in [7, 11) is -3.54. The van der Waals surface area contributed by atoms with Gasteiger partial charge in [-0.15, -0.1) is 0 Å². The topological polar surface area (TPSA) is 59.3 Å². The molecule has 0 saturated heterocycles. The molecule has 1 aromatic heterocycles. The van der Waals surface area contributed by atoms with Crippen LogP contribution in [0, 0.1) is 27.7 Å². The van der Waals surface area contributed by atoms with Crippen molar-refractivity contribution in [2.45, 2.75) is 39.1 Å². The Hall–Kier alpha value is -1.59. The zero-order chi connectivity index (χ0) is 14.9. The number of aryl methyl sites for hydroxylation is 1. The standard InChI is InChI=1S/C15H19NO3S/c1-10-8-15(13(4)12(3)11(10)2)20(17,18)16-9-14-6-5-7-19-14/h5-8,16H,9H2,1-4H3. The van der Waals surface area contributed by atoms with Gasteiger partial charge in [-0.1, -0.05) is 0 Å². The normalized spacial score (nSPS) is 11.8. The van der Waals surface area contributed by atoms with Crippen molar-refractivity contribution in [3.8, 4) is 0 Å². The number of hydrogen-bond acceptors (Lipinski definition) is 3. The molecule has 0 bridgehead atoms. The van der Waals surface area contributed by atoms with Gasteiger partial charge in [-0.3, -0.25) is 0 Å². The summed E-state index contributed by atoms with van der Waals surface area (Å²) in [5.74, 6) is 0.590. The molecule has 1 heterocycles. The summed E-state index contributed by atoms with van der Waals surface area (Å²) in [6, 6.07) is 5.19. The summed E-state index contributed by atoms with van der Waals surface area (Å²) in [6.45, 7) is 7.87. The molecule has 1 aromatic carbocycles. The van der Waals surface area contributed by atoms with Crippen LogP contribution in [-0.4, -0.2) is 8.42 Å². The van der Waals surface area contributed by atoms with E-state index in [0.29, 0.717) is 10.7 Å². The highest BCUT2D eigenvalue weighted by Crippen LogP contribution is 2.24. The van der Waals surface area contributed by atoms with Crippen LogP contribution in [0.3, 0.4) is 0 Å². The number of rotatable bonds is 4. The van der Waals surface area contributed by atoms with Crippen molar-refractivity contribution in [3.05, 3.63) is 52.5 Å². The second-order valence-electron chi connectivity index (χ2n) is 4.97. The predicted molar refractivity (Wildman–Crippen MR) is 78.1 cm³/mol. The second kappa shape index (κ2) is 5.42. The van der Waals surface area contributed by atoms with Crippen LogP contribution in [0.25, 0.3) is 0 Å². The SMILES string of the molecule is Cc1cc(S(=O)(=O)NCc2ccco2)c(C)c(C)c1C. The first-order chi connectivity index (χ1) is 9.33. The van der Waals surface area contributed by atoms with Crippen molar-refractivity contribution in [2.75, 3.05) is 0 Å². The van der Waals surface area contributed by atoms with Gasteiger partial charge in [0.05, 0.1) is 17.7 Å². The molecule has 0 aliphatic heterocycles. The average Bonchev–Trinajstić information content (AvgIpc) is 2.91. The van der Waals surface area contributed by atoms with Crippen molar-refractivity contribution in [1.29, 1.82) is 0 Å². The van der Waals surface area contributed by atoms with E-state index in [1.807, 2.05) is 27.7 Å². The summed E-state index contributed by atoms with van der Waals surface area (Å²) < 4.78 is 32.5. The van der Waals surface area contributed by atoms with E-state index in [1.165, 1.54) is 6.26 Å². The maximum absolute atomic E-state index is 12.4. The smallest absolute Gasteiger partial charge is 0.241 e. The second-order valence-corrected chi connectivity index (χ2v) is 6.71. The summed E-state index contributed by atoms with van der Waals surface area (Å²) >= 11 is 0. The summed E-state index contributed by atoms with van der Waals surface area (Å²) in [4.78, 5) is 0.338. The lowest BCUT2D eigenvalue weighted by Gasteiger charge is -2.14. The van der Waals surface area contributed by atoms with E-state index in [4.69, 9.17) is 4.42 Å². The minimum absolute atomic E-state index is 0.154. The van der Waals surface area contributed by atoms with E-state index in [0.717, 1.165) is 22.3 Å². The molecule has 4 nitrogen and oxygen atoms in total. The maximum Gasteiger partial charge on any atom is 0.241 e. The molecular weight excluding hydrogens is 274 g/mol. The Labute approximate surface area is 119 Å². The Balaban J connectivity index is 2.35. The van der Waals surface area contributed by atoms with E-state index in [1.54, 1.807) is 18.2 Å². The van der Waals surface area contributed by atoms with Gasteiger partial charge in [-0.2, -0.15) is 0 Å². The molecule has 108 valence electrons. The van der Waals surface area contributed by atoms with Crippen LogP contribution < -0.4 is 4.72 Å². The number of hydrogen-bond donors (Lipinski definition) is 1. The highest BCUT2D eigenvalue weighted by molar-refractivity contribution is 7.89. The molecule has 0 fully saturated rings. The fraction of sp³-hybridized carbons (Fsp3) is 0.333. The van der Waals surface area contributed by atoms with Gasteiger partial charge in [-0.25, -0.2) is 13.1 Å². The number of benzene rings is 1. The predicted octanol–water partition coefficient (Wildman–Crippen LogP) is 2.99. The maximum atomic E-state index is 12.4. The van der Waals surface area contributed by atoms with Crippen molar-refractivity contribution in [3.63, 3.8) is 0 Å². The van der Waals surface area contributed by atoms with Crippen LogP contribution in [0.4, 0.5) is 0 Å². The zero-order valence-corrected chi connectivity index (χ0v) is 13.0. The molecule has 0 atom stereocenters. The van der Waals surface area contributed by atoms with Crippen molar-refractivity contribution < 1.29 is 12.8 Å². The van der Waals surface area contributed by atoms with Gasteiger partial charge in [0, 0.05) is 0 Å². The van der Waals surface area contributed by atoms with Gasteiger partial charge >= 0.3 is 0 Å². The molecule has 0 aliphatic rings. The molecular formula is C15H19NO3S. The monoisotopic (exact) mass is 293 g/mol. The number of nitrogens with one attached hydrogen (secondary N) is 1. The lowest BCUT2D eigenvalue weighted by atomic mass is 10.00. The zero-order valence-electron chi connectivity index (χ0n) is 12.1. The first kappa shape index (κ1) is 14.8. The van der Waals surface area contributed by atoms with Gasteiger partial charge in [0.2, 0.25) is 10.0 Å². The highest BCUT2D eigenvalue weighted by atomic mass is 32.2. The van der Waals surface area contributed by atoms with Crippen molar-refractivity contribution in [2.24, 2.45) is 0 Å². The minimum atomic E-state index is -3.54. The van der Waals surface area contributed by atoms with Gasteiger partial charge in [0.25, 0.3) is 0 Å². The van der Waals surface area contributed by atoms with Crippen LogP contribution >= 0.6 is 0 Å². The lowest BCUT2D eigenvalue weighted by Crippen LogP contribution is -2.24. The number of sulfonamides is 1. The van der Waals surface area contributed by atoms with Gasteiger partial charge in [0.15, 0.2) is 0 Å². The van der Waals surface area contributed by atoms with Gasteiger partial charge in [-0.05, 0) is 68.1 Å². The van der Waals surface area contributed by atoms with Crippen LogP contribution in [0.15, 0.2) is 33.8 Å². The third kappa shape index (κ3) is 2.78. The molecule has 0 saturated carbocycles. The third-order valence-electron chi connectivity index (χ3n) is 3.74. The molecule has 1 N–H and O–H groups in total. The Bertz CT molecular complexity index is 716. The van der Waals surface area contributed by atoms with E-state index in [-0.39, 0.29) is 6.54 Å². The Morgan fingerprint density at radius 1 is 1.10 bits per heavy atom. The molecule has 0 spiro atoms. The summed E-state index contributed by atoms with van der Waals surface area (Å²) in [6.07, 6.45) is 1.52. The fourth-order valence-electron chi connectivity index (χ4n) is 2.11. The largest absolute Gasteiger partial charge is 0.468 e. The molecule has 0 unspecified atom stereocenters. The van der Waals surface area contributed by atoms with Crippen LogP contribution in [0.1, 0.15) is 28.0 Å². The van der Waals surface area contributed by atoms with Gasteiger partial charge < -0.3 is 4.42 Å². The molecule has 20 heavy (non-hydrogen) atoms. The Morgan fingerprint density at radius 3 is 2.40 bits per heavy atom. The third-order valence-corrected chi connectivity index (χ3v) is 5.27.